The van der Waals surface area contributed by atoms with Crippen LogP contribution in [0, 0.1) is 6.92 Å². The predicted molar refractivity (Wildman–Crippen MR) is 78.4 cm³/mol. The minimum atomic E-state index is 0.888. The summed E-state index contributed by atoms with van der Waals surface area (Å²) >= 11 is 0. The number of benzene rings is 2. The van der Waals surface area contributed by atoms with Gasteiger partial charge in [-0.3, -0.25) is 0 Å². The van der Waals surface area contributed by atoms with E-state index in [1.54, 1.807) is 0 Å². The van der Waals surface area contributed by atoms with Crippen LogP contribution in [0.1, 0.15) is 31.9 Å². The molecule has 0 N–H and O–H groups in total. The lowest BCUT2D eigenvalue weighted by Crippen LogP contribution is -1.86. The van der Waals surface area contributed by atoms with Crippen molar-refractivity contribution in [1.82, 2.24) is 0 Å². The molecule has 0 saturated heterocycles. The van der Waals surface area contributed by atoms with Gasteiger partial charge in [0.05, 0.1) is 0 Å². The van der Waals surface area contributed by atoms with Crippen LogP contribution in [0.3, 0.4) is 0 Å². The Morgan fingerprint density at radius 1 is 0.889 bits per heavy atom. The molecule has 0 bridgehead atoms. The van der Waals surface area contributed by atoms with Gasteiger partial charge >= 0.3 is 0 Å². The van der Waals surface area contributed by atoms with Crippen molar-refractivity contribution in [2.75, 3.05) is 0 Å². The topological polar surface area (TPSA) is 9.23 Å². The number of aryl methyl sites for hydroxylation is 2. The van der Waals surface area contributed by atoms with Crippen LogP contribution in [0.15, 0.2) is 48.5 Å². The molecule has 18 heavy (non-hydrogen) atoms. The summed E-state index contributed by atoms with van der Waals surface area (Å²) in [7, 11) is 0. The number of hydrogen-bond acceptors (Lipinski definition) is 1. The Labute approximate surface area is 110 Å². The Bertz CT molecular complexity index is 457. The first-order valence-electron chi connectivity index (χ1n) is 6.61. The van der Waals surface area contributed by atoms with Gasteiger partial charge in [0.15, 0.2) is 0 Å². The summed E-state index contributed by atoms with van der Waals surface area (Å²) in [5.41, 5.74) is 2.54. The van der Waals surface area contributed by atoms with Crippen LogP contribution in [0.2, 0.25) is 0 Å². The van der Waals surface area contributed by atoms with Crippen LogP contribution < -0.4 is 4.74 Å². The first-order chi connectivity index (χ1) is 8.78. The molecule has 0 atom stereocenters. The maximum absolute atomic E-state index is 5.78. The minimum absolute atomic E-state index is 0.888. The lowest BCUT2D eigenvalue weighted by atomic mass is 10.2. The van der Waals surface area contributed by atoms with Crippen LogP contribution in [-0.2, 0) is 6.42 Å². The molecule has 0 spiro atoms. The van der Waals surface area contributed by atoms with Gasteiger partial charge in [0.2, 0.25) is 0 Å². The standard InChI is InChI=1S/C15H16O.C2H6/c1-3-13-5-4-6-15(11-13)16-14-9-7-12(2)8-10-14;1-2/h4-11H,3H2,1-2H3;1-2H3. The fraction of sp³-hybridized carbons (Fsp3) is 0.294. The Morgan fingerprint density at radius 2 is 1.56 bits per heavy atom. The first-order valence-corrected chi connectivity index (χ1v) is 6.61. The monoisotopic (exact) mass is 242 g/mol. The molecule has 0 radical (unpaired) electrons. The SMILES string of the molecule is CC.CCc1cccc(Oc2ccc(C)cc2)c1. The van der Waals surface area contributed by atoms with Crippen LogP contribution >= 0.6 is 0 Å². The minimum Gasteiger partial charge on any atom is -0.457 e. The zero-order valence-corrected chi connectivity index (χ0v) is 11.7. The van der Waals surface area contributed by atoms with Gasteiger partial charge in [0.25, 0.3) is 0 Å². The molecule has 0 fully saturated rings. The van der Waals surface area contributed by atoms with E-state index in [1.807, 2.05) is 38.1 Å². The zero-order valence-electron chi connectivity index (χ0n) is 11.7. The lowest BCUT2D eigenvalue weighted by Gasteiger charge is -2.07. The third kappa shape index (κ3) is 4.25. The Kier molecular flexibility index (Phi) is 5.99. The number of ether oxygens (including phenoxy) is 1. The van der Waals surface area contributed by atoms with E-state index in [0.29, 0.717) is 0 Å². The van der Waals surface area contributed by atoms with Gasteiger partial charge < -0.3 is 4.74 Å². The van der Waals surface area contributed by atoms with E-state index >= 15 is 0 Å². The summed E-state index contributed by atoms with van der Waals surface area (Å²) in [6.07, 6.45) is 1.03. The largest absolute Gasteiger partial charge is 0.457 e. The van der Waals surface area contributed by atoms with E-state index in [2.05, 4.69) is 38.1 Å². The molecular weight excluding hydrogens is 220 g/mol. The summed E-state index contributed by atoms with van der Waals surface area (Å²) in [4.78, 5) is 0. The van der Waals surface area contributed by atoms with E-state index in [1.165, 1.54) is 11.1 Å². The molecule has 0 aliphatic carbocycles. The summed E-state index contributed by atoms with van der Waals surface area (Å²) in [6, 6.07) is 16.3. The normalized spacial score (nSPS) is 9.33. The highest BCUT2D eigenvalue weighted by Crippen LogP contribution is 2.22. The smallest absolute Gasteiger partial charge is 0.127 e. The molecule has 0 amide bonds. The first kappa shape index (κ1) is 14.3. The van der Waals surface area contributed by atoms with Crippen molar-refractivity contribution in [2.45, 2.75) is 34.1 Å². The maximum atomic E-state index is 5.78. The second-order valence-corrected chi connectivity index (χ2v) is 3.92. The van der Waals surface area contributed by atoms with Crippen molar-refractivity contribution in [3.05, 3.63) is 59.7 Å². The van der Waals surface area contributed by atoms with Crippen molar-refractivity contribution in [3.8, 4) is 11.5 Å². The average Bonchev–Trinajstić information content (AvgIpc) is 2.44. The van der Waals surface area contributed by atoms with Crippen LogP contribution in [-0.4, -0.2) is 0 Å². The molecule has 1 nitrogen and oxygen atoms in total. The third-order valence-corrected chi connectivity index (χ3v) is 2.56. The molecular formula is C17H22O. The Hall–Kier alpha value is -1.76. The van der Waals surface area contributed by atoms with Gasteiger partial charge in [-0.1, -0.05) is 50.6 Å². The molecule has 2 rings (SSSR count). The van der Waals surface area contributed by atoms with Gasteiger partial charge in [0, 0.05) is 0 Å². The van der Waals surface area contributed by atoms with Crippen molar-refractivity contribution in [3.63, 3.8) is 0 Å². The molecule has 0 heterocycles. The second-order valence-electron chi connectivity index (χ2n) is 3.92. The highest BCUT2D eigenvalue weighted by Gasteiger charge is 1.97. The van der Waals surface area contributed by atoms with E-state index in [4.69, 9.17) is 4.74 Å². The van der Waals surface area contributed by atoms with E-state index in [0.717, 1.165) is 17.9 Å². The van der Waals surface area contributed by atoms with Crippen molar-refractivity contribution in [1.29, 1.82) is 0 Å². The van der Waals surface area contributed by atoms with Crippen molar-refractivity contribution >= 4 is 0 Å². The average molecular weight is 242 g/mol. The lowest BCUT2D eigenvalue weighted by molar-refractivity contribution is 0.482. The second kappa shape index (κ2) is 7.54. The van der Waals surface area contributed by atoms with Gasteiger partial charge in [-0.25, -0.2) is 0 Å². The highest BCUT2D eigenvalue weighted by atomic mass is 16.5. The van der Waals surface area contributed by atoms with Gasteiger partial charge in [-0.05, 0) is 43.2 Å². The van der Waals surface area contributed by atoms with Gasteiger partial charge in [-0.15, -0.1) is 0 Å². The van der Waals surface area contributed by atoms with Crippen molar-refractivity contribution in [2.24, 2.45) is 0 Å². The number of rotatable bonds is 3. The molecule has 0 aliphatic rings. The van der Waals surface area contributed by atoms with Crippen LogP contribution in [0.4, 0.5) is 0 Å². The Morgan fingerprint density at radius 3 is 2.17 bits per heavy atom. The predicted octanol–water partition coefficient (Wildman–Crippen LogP) is 5.38. The zero-order chi connectivity index (χ0) is 13.4. The molecule has 96 valence electrons. The molecule has 0 unspecified atom stereocenters. The van der Waals surface area contributed by atoms with E-state index in [-0.39, 0.29) is 0 Å². The fourth-order valence-corrected chi connectivity index (χ4v) is 1.57. The highest BCUT2D eigenvalue weighted by molar-refractivity contribution is 5.34. The van der Waals surface area contributed by atoms with E-state index in [9.17, 15) is 0 Å². The molecule has 0 aliphatic heterocycles. The summed E-state index contributed by atoms with van der Waals surface area (Å²) < 4.78 is 5.78. The van der Waals surface area contributed by atoms with Gasteiger partial charge in [0.1, 0.15) is 11.5 Å². The maximum Gasteiger partial charge on any atom is 0.127 e. The molecule has 1 heteroatoms. The fourth-order valence-electron chi connectivity index (χ4n) is 1.57. The quantitative estimate of drug-likeness (QED) is 0.702. The Balaban J connectivity index is 0.000000771. The molecule has 2 aromatic rings. The van der Waals surface area contributed by atoms with E-state index < -0.39 is 0 Å². The molecule has 2 aromatic carbocycles. The van der Waals surface area contributed by atoms with Crippen LogP contribution in [0.5, 0.6) is 11.5 Å². The summed E-state index contributed by atoms with van der Waals surface area (Å²) in [5, 5.41) is 0. The van der Waals surface area contributed by atoms with Crippen LogP contribution in [0.25, 0.3) is 0 Å². The third-order valence-electron chi connectivity index (χ3n) is 2.56. The molecule has 0 saturated carbocycles. The number of hydrogen-bond donors (Lipinski definition) is 0. The molecule has 0 aromatic heterocycles. The summed E-state index contributed by atoms with van der Waals surface area (Å²) in [5.74, 6) is 1.79. The summed E-state index contributed by atoms with van der Waals surface area (Å²) in [6.45, 7) is 8.21. The van der Waals surface area contributed by atoms with Crippen molar-refractivity contribution < 1.29 is 4.74 Å². The van der Waals surface area contributed by atoms with Gasteiger partial charge in [-0.2, -0.15) is 0 Å².